The fourth-order valence-corrected chi connectivity index (χ4v) is 2.53. The molecule has 0 saturated carbocycles. The van der Waals surface area contributed by atoms with Gasteiger partial charge in [0.15, 0.2) is 0 Å². The number of primary amides is 1. The monoisotopic (exact) mass is 325 g/mol. The molecule has 0 aromatic heterocycles. The van der Waals surface area contributed by atoms with Crippen molar-refractivity contribution in [2.45, 2.75) is 31.8 Å². The normalized spacial score (nSPS) is 13.1. The van der Waals surface area contributed by atoms with E-state index >= 15 is 0 Å². The van der Waals surface area contributed by atoms with Gasteiger partial charge in [0.05, 0.1) is 12.5 Å². The van der Waals surface area contributed by atoms with E-state index in [0.29, 0.717) is 6.42 Å². The molecule has 0 saturated heterocycles. The first-order valence-electron chi connectivity index (χ1n) is 7.94. The number of carbonyl (C=O) groups excluding carboxylic acids is 2. The zero-order valence-corrected chi connectivity index (χ0v) is 13.7. The molecule has 126 valence electrons. The standard InChI is InChI=1S/C19H23N3O2/c1-13(22-19(24)17(20)12-18(21)23)11-14-7-9-16(10-8-14)15-5-3-2-4-6-15/h2-10,13,17H,11-12,20H2,1H3,(H2,21,23)(H,22,24). The summed E-state index contributed by atoms with van der Waals surface area (Å²) in [5.74, 6) is -0.941. The maximum Gasteiger partial charge on any atom is 0.237 e. The van der Waals surface area contributed by atoms with Crippen molar-refractivity contribution in [2.24, 2.45) is 11.5 Å². The van der Waals surface area contributed by atoms with E-state index < -0.39 is 11.9 Å². The molecule has 2 unspecified atom stereocenters. The third-order valence-electron chi connectivity index (χ3n) is 3.75. The van der Waals surface area contributed by atoms with Gasteiger partial charge in [-0.1, -0.05) is 54.6 Å². The van der Waals surface area contributed by atoms with Crippen molar-refractivity contribution in [1.82, 2.24) is 5.32 Å². The molecule has 0 bridgehead atoms. The molecule has 2 amide bonds. The quantitative estimate of drug-likeness (QED) is 0.721. The van der Waals surface area contributed by atoms with Crippen LogP contribution in [0.5, 0.6) is 0 Å². The summed E-state index contributed by atoms with van der Waals surface area (Å²) in [6, 6.07) is 17.4. The molecule has 5 N–H and O–H groups in total. The highest BCUT2D eigenvalue weighted by Crippen LogP contribution is 2.19. The van der Waals surface area contributed by atoms with Gasteiger partial charge in [0.25, 0.3) is 0 Å². The topological polar surface area (TPSA) is 98.2 Å². The van der Waals surface area contributed by atoms with Gasteiger partial charge in [-0.3, -0.25) is 9.59 Å². The van der Waals surface area contributed by atoms with Gasteiger partial charge < -0.3 is 16.8 Å². The molecule has 0 spiro atoms. The van der Waals surface area contributed by atoms with Gasteiger partial charge in [-0.05, 0) is 30.0 Å². The average Bonchev–Trinajstić information content (AvgIpc) is 2.55. The molecule has 0 aliphatic carbocycles. The van der Waals surface area contributed by atoms with Crippen LogP contribution < -0.4 is 16.8 Å². The van der Waals surface area contributed by atoms with Crippen molar-refractivity contribution in [3.63, 3.8) is 0 Å². The molecular weight excluding hydrogens is 302 g/mol. The summed E-state index contributed by atoms with van der Waals surface area (Å²) < 4.78 is 0. The SMILES string of the molecule is CC(Cc1ccc(-c2ccccc2)cc1)NC(=O)C(N)CC(N)=O. The Kier molecular flexibility index (Phi) is 6.09. The van der Waals surface area contributed by atoms with Gasteiger partial charge in [0, 0.05) is 6.04 Å². The summed E-state index contributed by atoms with van der Waals surface area (Å²) in [5, 5.41) is 2.81. The molecule has 2 atom stereocenters. The number of rotatable bonds is 7. The summed E-state index contributed by atoms with van der Waals surface area (Å²) in [7, 11) is 0. The van der Waals surface area contributed by atoms with Crippen molar-refractivity contribution in [3.05, 3.63) is 60.2 Å². The lowest BCUT2D eigenvalue weighted by molar-refractivity contribution is -0.126. The largest absolute Gasteiger partial charge is 0.370 e. The highest BCUT2D eigenvalue weighted by atomic mass is 16.2. The highest BCUT2D eigenvalue weighted by Gasteiger charge is 2.17. The minimum Gasteiger partial charge on any atom is -0.370 e. The molecule has 5 heteroatoms. The van der Waals surface area contributed by atoms with Crippen LogP contribution in [0.3, 0.4) is 0 Å². The molecule has 0 fully saturated rings. The summed E-state index contributed by atoms with van der Waals surface area (Å²) in [6.45, 7) is 1.90. The molecule has 0 heterocycles. The third-order valence-corrected chi connectivity index (χ3v) is 3.75. The maximum atomic E-state index is 11.9. The fourth-order valence-electron chi connectivity index (χ4n) is 2.53. The van der Waals surface area contributed by atoms with Crippen molar-refractivity contribution < 1.29 is 9.59 Å². The Hall–Kier alpha value is -2.66. The first-order valence-corrected chi connectivity index (χ1v) is 7.94. The van der Waals surface area contributed by atoms with E-state index in [9.17, 15) is 9.59 Å². The first kappa shape index (κ1) is 17.7. The fraction of sp³-hybridized carbons (Fsp3) is 0.263. The van der Waals surface area contributed by atoms with E-state index in [-0.39, 0.29) is 18.4 Å². The molecule has 24 heavy (non-hydrogen) atoms. The number of amides is 2. The van der Waals surface area contributed by atoms with Crippen LogP contribution in [0.25, 0.3) is 11.1 Å². The van der Waals surface area contributed by atoms with E-state index in [1.165, 1.54) is 5.56 Å². The van der Waals surface area contributed by atoms with Gasteiger partial charge in [-0.2, -0.15) is 0 Å². The predicted octanol–water partition coefficient (Wildman–Crippen LogP) is 1.60. The van der Waals surface area contributed by atoms with Crippen molar-refractivity contribution in [2.75, 3.05) is 0 Å². The molecule has 2 aromatic carbocycles. The predicted molar refractivity (Wildman–Crippen MR) is 95.0 cm³/mol. The Bertz CT molecular complexity index is 684. The molecule has 0 aliphatic heterocycles. The Morgan fingerprint density at radius 2 is 1.58 bits per heavy atom. The number of nitrogens with one attached hydrogen (secondary N) is 1. The van der Waals surface area contributed by atoms with Crippen LogP contribution in [0.15, 0.2) is 54.6 Å². The Balaban J connectivity index is 1.91. The first-order chi connectivity index (χ1) is 11.5. The average molecular weight is 325 g/mol. The summed E-state index contributed by atoms with van der Waals surface area (Å²) in [6.07, 6.45) is 0.536. The number of hydrogen-bond acceptors (Lipinski definition) is 3. The Morgan fingerprint density at radius 3 is 2.17 bits per heavy atom. The summed E-state index contributed by atoms with van der Waals surface area (Å²) >= 11 is 0. The minimum absolute atomic E-state index is 0.0843. The lowest BCUT2D eigenvalue weighted by Crippen LogP contribution is -2.46. The van der Waals surface area contributed by atoms with Crippen molar-refractivity contribution >= 4 is 11.8 Å². The molecule has 0 aliphatic rings. The number of nitrogens with two attached hydrogens (primary N) is 2. The van der Waals surface area contributed by atoms with Gasteiger partial charge in [0.1, 0.15) is 0 Å². The summed E-state index contributed by atoms with van der Waals surface area (Å²) in [5.41, 5.74) is 14.1. The van der Waals surface area contributed by atoms with Crippen LogP contribution in [0.4, 0.5) is 0 Å². The number of benzene rings is 2. The maximum absolute atomic E-state index is 11.9. The van der Waals surface area contributed by atoms with Crippen molar-refractivity contribution in [1.29, 1.82) is 0 Å². The zero-order valence-electron chi connectivity index (χ0n) is 13.7. The van der Waals surface area contributed by atoms with E-state index in [1.54, 1.807) is 0 Å². The van der Waals surface area contributed by atoms with Crippen molar-refractivity contribution in [3.8, 4) is 11.1 Å². The number of hydrogen-bond donors (Lipinski definition) is 3. The smallest absolute Gasteiger partial charge is 0.237 e. The molecular formula is C19H23N3O2. The number of carbonyl (C=O) groups is 2. The molecule has 5 nitrogen and oxygen atoms in total. The second-order valence-electron chi connectivity index (χ2n) is 5.95. The van der Waals surface area contributed by atoms with Crippen LogP contribution in [0.1, 0.15) is 18.9 Å². The van der Waals surface area contributed by atoms with Gasteiger partial charge in [-0.25, -0.2) is 0 Å². The lowest BCUT2D eigenvalue weighted by atomic mass is 10.0. The molecule has 0 radical (unpaired) electrons. The van der Waals surface area contributed by atoms with E-state index in [1.807, 2.05) is 37.3 Å². The minimum atomic E-state index is -0.898. The zero-order chi connectivity index (χ0) is 17.5. The van der Waals surface area contributed by atoms with E-state index in [4.69, 9.17) is 11.5 Å². The lowest BCUT2D eigenvalue weighted by Gasteiger charge is -2.17. The Morgan fingerprint density at radius 1 is 1.00 bits per heavy atom. The van der Waals surface area contributed by atoms with E-state index in [2.05, 4.69) is 29.6 Å². The van der Waals surface area contributed by atoms with Crippen LogP contribution in [-0.4, -0.2) is 23.9 Å². The molecule has 2 rings (SSSR count). The second-order valence-corrected chi connectivity index (χ2v) is 5.95. The van der Waals surface area contributed by atoms with Crippen LogP contribution in [-0.2, 0) is 16.0 Å². The van der Waals surface area contributed by atoms with Crippen LogP contribution in [0, 0.1) is 0 Å². The second kappa shape index (κ2) is 8.26. The van der Waals surface area contributed by atoms with Gasteiger partial charge >= 0.3 is 0 Å². The van der Waals surface area contributed by atoms with Gasteiger partial charge in [0.2, 0.25) is 11.8 Å². The van der Waals surface area contributed by atoms with Crippen LogP contribution in [0.2, 0.25) is 0 Å². The third kappa shape index (κ3) is 5.21. The van der Waals surface area contributed by atoms with Gasteiger partial charge in [-0.15, -0.1) is 0 Å². The molecule has 2 aromatic rings. The highest BCUT2D eigenvalue weighted by molar-refractivity contribution is 5.87. The van der Waals surface area contributed by atoms with E-state index in [0.717, 1.165) is 11.1 Å². The summed E-state index contributed by atoms with van der Waals surface area (Å²) in [4.78, 5) is 22.7. The Labute approximate surface area is 142 Å². The van der Waals surface area contributed by atoms with Crippen LogP contribution >= 0.6 is 0 Å².